The van der Waals surface area contributed by atoms with E-state index in [1.807, 2.05) is 0 Å². The molecule has 0 bridgehead atoms. The van der Waals surface area contributed by atoms with Gasteiger partial charge in [-0.15, -0.1) is 0 Å². The lowest BCUT2D eigenvalue weighted by molar-refractivity contribution is -0.0436. The predicted molar refractivity (Wildman–Crippen MR) is 42.8 cm³/mol. The minimum atomic E-state index is -1.72. The smallest absolute Gasteiger partial charge is 0.357 e. The van der Waals surface area contributed by atoms with Gasteiger partial charge in [-0.25, -0.2) is 9.78 Å². The van der Waals surface area contributed by atoms with Crippen molar-refractivity contribution in [2.24, 2.45) is 0 Å². The summed E-state index contributed by atoms with van der Waals surface area (Å²) in [6.07, 6.45) is -0.346. The van der Waals surface area contributed by atoms with E-state index in [4.69, 9.17) is 10.2 Å². The molecule has 70 valence electrons. The fourth-order valence-corrected chi connectivity index (χ4v) is 0.893. The number of hydrogen-bond donors (Lipinski definition) is 2. The molecule has 1 aromatic heterocycles. The number of aromatic nitrogens is 1. The molecule has 0 fully saturated rings. The first-order valence-electron chi connectivity index (χ1n) is 3.56. The van der Waals surface area contributed by atoms with Crippen LogP contribution in [0.25, 0.3) is 0 Å². The molecule has 5 heteroatoms. The van der Waals surface area contributed by atoms with Crippen molar-refractivity contribution in [1.29, 1.82) is 0 Å². The number of pyridine rings is 1. The molecular weight excluding hydrogens is 174 g/mol. The molecule has 0 unspecified atom stereocenters. The van der Waals surface area contributed by atoms with Crippen molar-refractivity contribution in [3.63, 3.8) is 0 Å². The molecule has 1 rings (SSSR count). The second-order valence-electron chi connectivity index (χ2n) is 2.31. The van der Waals surface area contributed by atoms with E-state index < -0.39 is 12.3 Å². The number of methoxy groups -OCH3 is 1. The van der Waals surface area contributed by atoms with Crippen molar-refractivity contribution in [1.82, 2.24) is 4.98 Å². The highest BCUT2D eigenvalue weighted by atomic mass is 16.5. The van der Waals surface area contributed by atoms with Crippen LogP contribution < -0.4 is 0 Å². The molecule has 0 amide bonds. The van der Waals surface area contributed by atoms with E-state index >= 15 is 0 Å². The Kier molecular flexibility index (Phi) is 2.94. The Hall–Kier alpha value is -1.46. The minimum absolute atomic E-state index is 0.0364. The Labute approximate surface area is 74.6 Å². The van der Waals surface area contributed by atoms with Gasteiger partial charge >= 0.3 is 5.97 Å². The Morgan fingerprint density at radius 3 is 2.85 bits per heavy atom. The van der Waals surface area contributed by atoms with Gasteiger partial charge in [0.15, 0.2) is 12.0 Å². The molecule has 0 aliphatic carbocycles. The molecule has 0 aliphatic rings. The molecule has 5 nitrogen and oxygen atoms in total. The number of esters is 1. The number of aliphatic hydroxyl groups is 2. The number of carbonyl (C=O) groups is 1. The largest absolute Gasteiger partial charge is 0.464 e. The molecule has 0 radical (unpaired) electrons. The molecule has 13 heavy (non-hydrogen) atoms. The fraction of sp³-hybridized carbons (Fsp3) is 0.250. The van der Waals surface area contributed by atoms with Crippen LogP contribution in [0.5, 0.6) is 0 Å². The lowest BCUT2D eigenvalue weighted by atomic mass is 10.2. The van der Waals surface area contributed by atoms with E-state index in [1.165, 1.54) is 25.4 Å². The Morgan fingerprint density at radius 1 is 1.62 bits per heavy atom. The summed E-state index contributed by atoms with van der Waals surface area (Å²) in [6, 6.07) is 2.89. The first-order valence-corrected chi connectivity index (χ1v) is 3.56. The van der Waals surface area contributed by atoms with Crippen molar-refractivity contribution in [2.75, 3.05) is 7.11 Å². The van der Waals surface area contributed by atoms with Gasteiger partial charge in [0.1, 0.15) is 0 Å². The van der Waals surface area contributed by atoms with Crippen molar-refractivity contribution in [3.8, 4) is 0 Å². The third kappa shape index (κ3) is 2.01. The Bertz CT molecular complexity index is 311. The van der Waals surface area contributed by atoms with Crippen LogP contribution in [0, 0.1) is 0 Å². The summed E-state index contributed by atoms with van der Waals surface area (Å²) in [7, 11) is 1.20. The number of carbonyl (C=O) groups excluding carboxylic acids is 1. The van der Waals surface area contributed by atoms with Gasteiger partial charge in [-0.2, -0.15) is 0 Å². The number of hydrogen-bond acceptors (Lipinski definition) is 5. The topological polar surface area (TPSA) is 79.7 Å². The summed E-state index contributed by atoms with van der Waals surface area (Å²) >= 11 is 0. The van der Waals surface area contributed by atoms with Crippen molar-refractivity contribution < 1.29 is 19.7 Å². The number of ether oxygens (including phenoxy) is 1. The monoisotopic (exact) mass is 183 g/mol. The fourth-order valence-electron chi connectivity index (χ4n) is 0.893. The van der Waals surface area contributed by atoms with E-state index in [0.717, 1.165) is 0 Å². The van der Waals surface area contributed by atoms with Crippen LogP contribution >= 0.6 is 0 Å². The minimum Gasteiger partial charge on any atom is -0.464 e. The van der Waals surface area contributed by atoms with Crippen LogP contribution in [0.1, 0.15) is 22.3 Å². The Morgan fingerprint density at radius 2 is 2.31 bits per heavy atom. The van der Waals surface area contributed by atoms with Crippen LogP contribution in [-0.4, -0.2) is 28.3 Å². The lowest BCUT2D eigenvalue weighted by Gasteiger charge is -2.07. The van der Waals surface area contributed by atoms with Crippen molar-refractivity contribution in [3.05, 3.63) is 29.6 Å². The molecule has 0 atom stereocenters. The number of rotatable bonds is 2. The maximum atomic E-state index is 11.0. The van der Waals surface area contributed by atoms with Gasteiger partial charge in [0, 0.05) is 11.8 Å². The summed E-state index contributed by atoms with van der Waals surface area (Å²) in [5.41, 5.74) is -0.0469. The molecule has 2 N–H and O–H groups in total. The van der Waals surface area contributed by atoms with Gasteiger partial charge in [0.2, 0.25) is 0 Å². The highest BCUT2D eigenvalue weighted by Crippen LogP contribution is 2.13. The SMILES string of the molecule is COC(=O)c1ncccc1C(O)O. The second-order valence-corrected chi connectivity index (χ2v) is 2.31. The molecule has 1 heterocycles. The molecule has 0 saturated heterocycles. The van der Waals surface area contributed by atoms with Crippen LogP contribution in [0.3, 0.4) is 0 Å². The highest BCUT2D eigenvalue weighted by molar-refractivity contribution is 5.88. The van der Waals surface area contributed by atoms with E-state index in [-0.39, 0.29) is 11.3 Å². The van der Waals surface area contributed by atoms with E-state index in [9.17, 15) is 4.79 Å². The van der Waals surface area contributed by atoms with Gasteiger partial charge < -0.3 is 14.9 Å². The summed E-state index contributed by atoms with van der Waals surface area (Å²) in [6.45, 7) is 0. The van der Waals surface area contributed by atoms with Crippen LogP contribution in [0.4, 0.5) is 0 Å². The molecular formula is C8H9NO4. The molecule has 0 spiro atoms. The van der Waals surface area contributed by atoms with Crippen LogP contribution in [-0.2, 0) is 4.74 Å². The maximum absolute atomic E-state index is 11.0. The maximum Gasteiger partial charge on any atom is 0.357 e. The summed E-state index contributed by atoms with van der Waals surface area (Å²) < 4.78 is 4.40. The van der Waals surface area contributed by atoms with Gasteiger partial charge in [-0.05, 0) is 12.1 Å². The highest BCUT2D eigenvalue weighted by Gasteiger charge is 2.16. The van der Waals surface area contributed by atoms with Crippen molar-refractivity contribution >= 4 is 5.97 Å². The standard InChI is InChI=1S/C8H9NO4/c1-13-8(12)6-5(7(10)11)3-2-4-9-6/h2-4,7,10-11H,1H3. The zero-order valence-corrected chi connectivity index (χ0v) is 6.97. The number of aliphatic hydroxyl groups excluding tert-OH is 1. The third-order valence-electron chi connectivity index (χ3n) is 1.50. The lowest BCUT2D eigenvalue weighted by Crippen LogP contribution is -2.10. The first-order chi connectivity index (χ1) is 6.16. The van der Waals surface area contributed by atoms with E-state index in [2.05, 4.69) is 9.72 Å². The quantitative estimate of drug-likeness (QED) is 0.492. The summed E-state index contributed by atoms with van der Waals surface area (Å²) in [5, 5.41) is 17.7. The molecule has 0 saturated carbocycles. The third-order valence-corrected chi connectivity index (χ3v) is 1.50. The predicted octanol–water partition coefficient (Wildman–Crippen LogP) is -0.149. The van der Waals surface area contributed by atoms with E-state index in [0.29, 0.717) is 0 Å². The molecule has 0 aliphatic heterocycles. The van der Waals surface area contributed by atoms with Gasteiger partial charge in [-0.3, -0.25) is 0 Å². The summed E-state index contributed by atoms with van der Waals surface area (Å²) in [4.78, 5) is 14.7. The first kappa shape index (κ1) is 9.63. The number of nitrogens with zero attached hydrogens (tertiary/aromatic N) is 1. The molecule has 1 aromatic rings. The van der Waals surface area contributed by atoms with E-state index in [1.54, 1.807) is 0 Å². The van der Waals surface area contributed by atoms with Gasteiger partial charge in [0.25, 0.3) is 0 Å². The van der Waals surface area contributed by atoms with Gasteiger partial charge in [0.05, 0.1) is 7.11 Å². The zero-order chi connectivity index (χ0) is 9.84. The Balaban J connectivity index is 3.12. The molecule has 0 aromatic carbocycles. The van der Waals surface area contributed by atoms with Gasteiger partial charge in [-0.1, -0.05) is 0 Å². The van der Waals surface area contributed by atoms with Crippen LogP contribution in [0.15, 0.2) is 18.3 Å². The second kappa shape index (κ2) is 3.97. The van der Waals surface area contributed by atoms with Crippen molar-refractivity contribution in [2.45, 2.75) is 6.29 Å². The zero-order valence-electron chi connectivity index (χ0n) is 6.97. The normalized spacial score (nSPS) is 10.2. The average Bonchev–Trinajstić information content (AvgIpc) is 2.16. The average molecular weight is 183 g/mol. The van der Waals surface area contributed by atoms with Crippen LogP contribution in [0.2, 0.25) is 0 Å². The summed E-state index contributed by atoms with van der Waals surface area (Å²) in [5.74, 6) is -0.691.